The number of carbonyl (C=O) groups excluding carboxylic acids is 1. The van der Waals surface area contributed by atoms with Gasteiger partial charge in [0.15, 0.2) is 6.04 Å². The van der Waals surface area contributed by atoms with Gasteiger partial charge in [-0.25, -0.2) is 4.79 Å². The van der Waals surface area contributed by atoms with Crippen molar-refractivity contribution in [1.82, 2.24) is 10.6 Å². The van der Waals surface area contributed by atoms with Crippen LogP contribution in [0.4, 0.5) is 18.0 Å². The van der Waals surface area contributed by atoms with E-state index in [9.17, 15) is 18.0 Å². The minimum absolute atomic E-state index is 0.00791. The van der Waals surface area contributed by atoms with Gasteiger partial charge in [0.2, 0.25) is 0 Å². The molecule has 2 N–H and O–H groups in total. The van der Waals surface area contributed by atoms with Crippen LogP contribution < -0.4 is 15.4 Å². The van der Waals surface area contributed by atoms with Crippen molar-refractivity contribution in [2.24, 2.45) is 0 Å². The SMILES string of the molecule is COc1ccc([C@H](NC(=O)NCc2ccco2)C(F)(F)F)cc1. The highest BCUT2D eigenvalue weighted by molar-refractivity contribution is 5.74. The summed E-state index contributed by atoms with van der Waals surface area (Å²) in [6.45, 7) is -0.00791. The van der Waals surface area contributed by atoms with Crippen LogP contribution in [0.25, 0.3) is 0 Å². The third-order valence-electron chi connectivity index (χ3n) is 3.06. The molecule has 5 nitrogen and oxygen atoms in total. The van der Waals surface area contributed by atoms with Crippen molar-refractivity contribution in [3.05, 3.63) is 54.0 Å². The van der Waals surface area contributed by atoms with Crippen molar-refractivity contribution in [2.45, 2.75) is 18.8 Å². The van der Waals surface area contributed by atoms with E-state index in [1.165, 1.54) is 37.6 Å². The van der Waals surface area contributed by atoms with Gasteiger partial charge < -0.3 is 19.8 Å². The van der Waals surface area contributed by atoms with E-state index < -0.39 is 18.2 Å². The smallest absolute Gasteiger partial charge is 0.412 e. The van der Waals surface area contributed by atoms with Crippen molar-refractivity contribution >= 4 is 6.03 Å². The van der Waals surface area contributed by atoms with E-state index in [1.54, 1.807) is 12.1 Å². The molecule has 2 rings (SSSR count). The summed E-state index contributed by atoms with van der Waals surface area (Å²) < 4.78 is 49.4. The zero-order valence-corrected chi connectivity index (χ0v) is 12.2. The molecule has 0 aliphatic heterocycles. The number of alkyl halides is 3. The van der Waals surface area contributed by atoms with Gasteiger partial charge in [-0.05, 0) is 29.8 Å². The minimum Gasteiger partial charge on any atom is -0.497 e. The highest BCUT2D eigenvalue weighted by Crippen LogP contribution is 2.33. The normalized spacial score (nSPS) is 12.5. The molecule has 0 spiro atoms. The standard InChI is InChI=1S/C15H15F3N2O3/c1-22-11-6-4-10(5-7-11)13(15(16,17)18)20-14(21)19-9-12-3-2-8-23-12/h2-8,13H,9H2,1H3,(H2,19,20,21)/t13-/m0/s1. The minimum atomic E-state index is -4.63. The van der Waals surface area contributed by atoms with Crippen LogP contribution in [0, 0.1) is 0 Å². The van der Waals surface area contributed by atoms with Crippen LogP contribution >= 0.6 is 0 Å². The van der Waals surface area contributed by atoms with Gasteiger partial charge in [-0.15, -0.1) is 0 Å². The number of amides is 2. The number of halogens is 3. The lowest BCUT2D eigenvalue weighted by Gasteiger charge is -2.22. The Morgan fingerprint density at radius 2 is 1.96 bits per heavy atom. The number of urea groups is 1. The Hall–Kier alpha value is -2.64. The predicted octanol–water partition coefficient (Wildman–Crippen LogP) is 3.39. The molecule has 1 atom stereocenters. The average molecular weight is 328 g/mol. The fourth-order valence-electron chi connectivity index (χ4n) is 1.91. The third kappa shape index (κ3) is 4.67. The van der Waals surface area contributed by atoms with Gasteiger partial charge >= 0.3 is 12.2 Å². The number of hydrogen-bond acceptors (Lipinski definition) is 3. The van der Waals surface area contributed by atoms with E-state index in [1.807, 2.05) is 5.32 Å². The summed E-state index contributed by atoms with van der Waals surface area (Å²) >= 11 is 0. The Kier molecular flexibility index (Phi) is 5.15. The van der Waals surface area contributed by atoms with Gasteiger partial charge in [0.05, 0.1) is 19.9 Å². The van der Waals surface area contributed by atoms with Gasteiger partial charge in [-0.2, -0.15) is 13.2 Å². The number of furan rings is 1. The molecule has 2 amide bonds. The van der Waals surface area contributed by atoms with Crippen molar-refractivity contribution in [3.8, 4) is 5.75 Å². The number of hydrogen-bond donors (Lipinski definition) is 2. The topological polar surface area (TPSA) is 63.5 Å². The van der Waals surface area contributed by atoms with Crippen molar-refractivity contribution < 1.29 is 27.1 Å². The van der Waals surface area contributed by atoms with E-state index in [-0.39, 0.29) is 12.1 Å². The van der Waals surface area contributed by atoms with Gasteiger partial charge in [-0.1, -0.05) is 12.1 Å². The first kappa shape index (κ1) is 16.7. The molecule has 124 valence electrons. The summed E-state index contributed by atoms with van der Waals surface area (Å²) in [5.41, 5.74) is -0.0913. The first-order valence-corrected chi connectivity index (χ1v) is 6.67. The number of carbonyl (C=O) groups is 1. The lowest BCUT2D eigenvalue weighted by Crippen LogP contribution is -2.43. The monoisotopic (exact) mass is 328 g/mol. The lowest BCUT2D eigenvalue weighted by atomic mass is 10.1. The molecular formula is C15H15F3N2O3. The number of methoxy groups -OCH3 is 1. The molecule has 2 aromatic rings. The summed E-state index contributed by atoms with van der Waals surface area (Å²) in [4.78, 5) is 11.7. The molecular weight excluding hydrogens is 313 g/mol. The van der Waals surface area contributed by atoms with Crippen LogP contribution in [0.1, 0.15) is 17.4 Å². The molecule has 1 aromatic carbocycles. The molecule has 0 fully saturated rings. The zero-order chi connectivity index (χ0) is 16.9. The van der Waals surface area contributed by atoms with Crippen LogP contribution in [0.3, 0.4) is 0 Å². The fourth-order valence-corrected chi connectivity index (χ4v) is 1.91. The van der Waals surface area contributed by atoms with Gasteiger partial charge in [0.1, 0.15) is 11.5 Å². The molecule has 8 heteroatoms. The van der Waals surface area contributed by atoms with Crippen LogP contribution in [-0.2, 0) is 6.54 Å². The maximum Gasteiger partial charge on any atom is 0.412 e. The van der Waals surface area contributed by atoms with E-state index >= 15 is 0 Å². The van der Waals surface area contributed by atoms with Crippen LogP contribution in [0.2, 0.25) is 0 Å². The summed E-state index contributed by atoms with van der Waals surface area (Å²) in [6, 6.07) is 5.46. The van der Waals surface area contributed by atoms with Crippen molar-refractivity contribution in [2.75, 3.05) is 7.11 Å². The summed E-state index contributed by atoms with van der Waals surface area (Å²) in [5.74, 6) is 0.866. The molecule has 0 aliphatic rings. The number of rotatable bonds is 5. The van der Waals surface area contributed by atoms with Gasteiger partial charge in [0, 0.05) is 0 Å². The van der Waals surface area contributed by atoms with Crippen molar-refractivity contribution in [3.63, 3.8) is 0 Å². The van der Waals surface area contributed by atoms with E-state index in [0.29, 0.717) is 11.5 Å². The lowest BCUT2D eigenvalue weighted by molar-refractivity contribution is -0.154. The second-order valence-electron chi connectivity index (χ2n) is 4.65. The number of ether oxygens (including phenoxy) is 1. The quantitative estimate of drug-likeness (QED) is 0.884. The molecule has 0 unspecified atom stereocenters. The average Bonchev–Trinajstić information content (AvgIpc) is 3.03. The Morgan fingerprint density at radius 3 is 2.48 bits per heavy atom. The van der Waals surface area contributed by atoms with Crippen LogP contribution in [-0.4, -0.2) is 19.3 Å². The molecule has 0 bridgehead atoms. The second-order valence-corrected chi connectivity index (χ2v) is 4.65. The Morgan fingerprint density at radius 1 is 1.26 bits per heavy atom. The maximum atomic E-state index is 13.2. The van der Waals surface area contributed by atoms with Crippen LogP contribution in [0.15, 0.2) is 47.1 Å². The summed E-state index contributed by atoms with van der Waals surface area (Å²) in [6.07, 6.45) is -3.22. The number of benzene rings is 1. The molecule has 1 heterocycles. The molecule has 0 aliphatic carbocycles. The van der Waals surface area contributed by atoms with Gasteiger partial charge in [-0.3, -0.25) is 0 Å². The molecule has 0 radical (unpaired) electrons. The summed E-state index contributed by atoms with van der Waals surface area (Å²) in [5, 5.41) is 4.23. The Balaban J connectivity index is 2.04. The van der Waals surface area contributed by atoms with E-state index in [0.717, 1.165) is 0 Å². The highest BCUT2D eigenvalue weighted by Gasteiger charge is 2.41. The number of nitrogens with one attached hydrogen (secondary N) is 2. The first-order chi connectivity index (χ1) is 10.9. The predicted molar refractivity (Wildman–Crippen MR) is 75.9 cm³/mol. The maximum absolute atomic E-state index is 13.2. The fraction of sp³-hybridized carbons (Fsp3) is 0.267. The molecule has 0 saturated heterocycles. The van der Waals surface area contributed by atoms with Crippen molar-refractivity contribution in [1.29, 1.82) is 0 Å². The largest absolute Gasteiger partial charge is 0.497 e. The van der Waals surface area contributed by atoms with E-state index in [4.69, 9.17) is 9.15 Å². The molecule has 0 saturated carbocycles. The Labute approximate surface area is 130 Å². The second kappa shape index (κ2) is 7.08. The van der Waals surface area contributed by atoms with Gasteiger partial charge in [0.25, 0.3) is 0 Å². The molecule has 23 heavy (non-hydrogen) atoms. The summed E-state index contributed by atoms with van der Waals surface area (Å²) in [7, 11) is 1.41. The molecule has 1 aromatic heterocycles. The highest BCUT2D eigenvalue weighted by atomic mass is 19.4. The zero-order valence-electron chi connectivity index (χ0n) is 12.2. The first-order valence-electron chi connectivity index (χ1n) is 6.67. The Bertz CT molecular complexity index is 624. The van der Waals surface area contributed by atoms with Crippen LogP contribution in [0.5, 0.6) is 5.75 Å². The van der Waals surface area contributed by atoms with E-state index in [2.05, 4.69) is 5.32 Å². The third-order valence-corrected chi connectivity index (χ3v) is 3.06.